The molecule has 1 aliphatic rings. The van der Waals surface area contributed by atoms with E-state index in [1.165, 1.54) is 12.5 Å². The molecule has 1 heterocycles. The van der Waals surface area contributed by atoms with Crippen LogP contribution in [0.5, 0.6) is 0 Å². The van der Waals surface area contributed by atoms with Gasteiger partial charge in [0.15, 0.2) is 0 Å². The van der Waals surface area contributed by atoms with Gasteiger partial charge in [0.05, 0.1) is 5.75 Å². The number of thioether (sulfide) groups is 1. The molecule has 24 heavy (non-hydrogen) atoms. The van der Waals surface area contributed by atoms with Gasteiger partial charge < -0.3 is 9.73 Å². The summed E-state index contributed by atoms with van der Waals surface area (Å²) in [5.41, 5.74) is -0.0461. The normalized spacial score (nSPS) is 21.5. The molecule has 2 rings (SSSR count). The average molecular weight is 354 g/mol. The minimum Gasteiger partial charge on any atom is -0.461 e. The first-order chi connectivity index (χ1) is 11.5. The number of nitrogens with one attached hydrogen (secondary N) is 1. The fraction of sp³-hybridized carbons (Fsp3) is 0.529. The molecule has 1 saturated carbocycles. The lowest BCUT2D eigenvalue weighted by molar-refractivity contribution is -0.118. The van der Waals surface area contributed by atoms with Gasteiger partial charge in [0.1, 0.15) is 23.2 Å². The van der Waals surface area contributed by atoms with Gasteiger partial charge in [-0.3, -0.25) is 4.79 Å². The average Bonchev–Trinajstić information content (AvgIpc) is 3.00. The van der Waals surface area contributed by atoms with Gasteiger partial charge in [-0.25, -0.2) is 0 Å². The SMILES string of the molecule is C[C@H]1CCCC[C@H]1NC(=O)/C(C#N)=C/c1ccc(CSC(F)F)o1. The highest BCUT2D eigenvalue weighted by Crippen LogP contribution is 2.24. The van der Waals surface area contributed by atoms with E-state index in [1.807, 2.05) is 6.07 Å². The second kappa shape index (κ2) is 8.88. The number of hydrogen-bond donors (Lipinski definition) is 1. The van der Waals surface area contributed by atoms with Crippen molar-refractivity contribution < 1.29 is 18.0 Å². The summed E-state index contributed by atoms with van der Waals surface area (Å²) in [6, 6.07) is 5.09. The van der Waals surface area contributed by atoms with Crippen LogP contribution in [0.3, 0.4) is 0 Å². The second-order valence-electron chi connectivity index (χ2n) is 5.89. The van der Waals surface area contributed by atoms with Crippen LogP contribution in [0, 0.1) is 17.2 Å². The Morgan fingerprint density at radius 2 is 2.25 bits per heavy atom. The number of furan rings is 1. The summed E-state index contributed by atoms with van der Waals surface area (Å²) in [6.45, 7) is 2.10. The molecule has 0 unspecified atom stereocenters. The van der Waals surface area contributed by atoms with Gasteiger partial charge in [0.25, 0.3) is 11.7 Å². The summed E-state index contributed by atoms with van der Waals surface area (Å²) in [6.07, 6.45) is 5.57. The quantitative estimate of drug-likeness (QED) is 0.610. The Morgan fingerprint density at radius 3 is 2.92 bits per heavy atom. The molecule has 0 aromatic carbocycles. The number of halogens is 2. The highest BCUT2D eigenvalue weighted by Gasteiger charge is 2.24. The highest BCUT2D eigenvalue weighted by molar-refractivity contribution is 7.98. The van der Waals surface area contributed by atoms with Gasteiger partial charge in [-0.05, 0) is 30.9 Å². The van der Waals surface area contributed by atoms with Crippen LogP contribution in [0.15, 0.2) is 22.1 Å². The molecule has 0 bridgehead atoms. The maximum atomic E-state index is 12.3. The van der Waals surface area contributed by atoms with Gasteiger partial charge in [0.2, 0.25) is 0 Å². The van der Waals surface area contributed by atoms with Crippen LogP contribution in [0.25, 0.3) is 6.08 Å². The third-order valence-corrected chi connectivity index (χ3v) is 4.82. The third kappa shape index (κ3) is 5.38. The van der Waals surface area contributed by atoms with Crippen LogP contribution >= 0.6 is 11.8 Å². The van der Waals surface area contributed by atoms with Crippen molar-refractivity contribution in [3.8, 4) is 6.07 Å². The molecule has 0 saturated heterocycles. The fourth-order valence-corrected chi connectivity index (χ4v) is 3.21. The van der Waals surface area contributed by atoms with Crippen molar-refractivity contribution in [2.24, 2.45) is 5.92 Å². The lowest BCUT2D eigenvalue weighted by Crippen LogP contribution is -2.41. The van der Waals surface area contributed by atoms with E-state index < -0.39 is 11.7 Å². The van der Waals surface area contributed by atoms with Crippen molar-refractivity contribution in [1.82, 2.24) is 5.32 Å². The van der Waals surface area contributed by atoms with E-state index in [4.69, 9.17) is 4.42 Å². The van der Waals surface area contributed by atoms with Gasteiger partial charge in [0, 0.05) is 12.1 Å². The lowest BCUT2D eigenvalue weighted by Gasteiger charge is -2.29. The van der Waals surface area contributed by atoms with Crippen LogP contribution in [-0.4, -0.2) is 17.7 Å². The van der Waals surface area contributed by atoms with E-state index in [-0.39, 0.29) is 17.4 Å². The number of nitriles is 1. The summed E-state index contributed by atoms with van der Waals surface area (Å²) < 4.78 is 29.7. The lowest BCUT2D eigenvalue weighted by atomic mass is 9.86. The van der Waals surface area contributed by atoms with Crippen molar-refractivity contribution in [2.75, 3.05) is 0 Å². The first-order valence-electron chi connectivity index (χ1n) is 7.90. The fourth-order valence-electron chi connectivity index (χ4n) is 2.76. The van der Waals surface area contributed by atoms with E-state index in [9.17, 15) is 18.8 Å². The maximum absolute atomic E-state index is 12.3. The molecule has 2 atom stereocenters. The van der Waals surface area contributed by atoms with Crippen LogP contribution in [-0.2, 0) is 10.5 Å². The smallest absolute Gasteiger partial charge is 0.284 e. The maximum Gasteiger partial charge on any atom is 0.284 e. The predicted molar refractivity (Wildman–Crippen MR) is 89.2 cm³/mol. The Kier molecular flexibility index (Phi) is 6.85. The number of amides is 1. The number of alkyl halides is 2. The number of hydrogen-bond acceptors (Lipinski definition) is 4. The van der Waals surface area contributed by atoms with Crippen LogP contribution < -0.4 is 5.32 Å². The Hall–Kier alpha value is -1.81. The van der Waals surface area contributed by atoms with E-state index in [0.29, 0.717) is 29.2 Å². The number of carbonyl (C=O) groups excluding carboxylic acids is 1. The van der Waals surface area contributed by atoms with Crippen molar-refractivity contribution in [1.29, 1.82) is 5.26 Å². The first kappa shape index (κ1) is 18.5. The molecule has 0 aliphatic heterocycles. The number of carbonyl (C=O) groups is 1. The molecular weight excluding hydrogens is 334 g/mol. The molecule has 0 spiro atoms. The Bertz CT molecular complexity index is 637. The summed E-state index contributed by atoms with van der Waals surface area (Å²) in [4.78, 5) is 12.3. The first-order valence-corrected chi connectivity index (χ1v) is 8.95. The summed E-state index contributed by atoms with van der Waals surface area (Å²) >= 11 is 0.460. The molecule has 4 nitrogen and oxygen atoms in total. The van der Waals surface area contributed by atoms with Crippen molar-refractivity contribution >= 4 is 23.7 Å². The molecule has 1 aromatic rings. The summed E-state index contributed by atoms with van der Waals surface area (Å²) in [5.74, 6) is -1.76. The predicted octanol–water partition coefficient (Wildman–Crippen LogP) is 4.34. The van der Waals surface area contributed by atoms with E-state index >= 15 is 0 Å². The number of nitrogens with zero attached hydrogens (tertiary/aromatic N) is 1. The zero-order chi connectivity index (χ0) is 17.5. The minimum absolute atomic E-state index is 0.0409. The van der Waals surface area contributed by atoms with Gasteiger partial charge in [-0.15, -0.1) is 0 Å². The van der Waals surface area contributed by atoms with Gasteiger partial charge >= 0.3 is 0 Å². The zero-order valence-corrected chi connectivity index (χ0v) is 14.2. The molecule has 7 heteroatoms. The summed E-state index contributed by atoms with van der Waals surface area (Å²) in [5, 5.41) is 12.1. The summed E-state index contributed by atoms with van der Waals surface area (Å²) in [7, 11) is 0. The number of rotatable bonds is 6. The standard InChI is InChI=1S/C17H20F2N2O2S/c1-11-4-2-3-5-15(11)21-16(22)12(9-20)8-13-6-7-14(23-13)10-24-17(18)19/h6-8,11,15,17H,2-5,10H2,1H3,(H,21,22)/b12-8+/t11-,15+/m0/s1. The Morgan fingerprint density at radius 1 is 1.50 bits per heavy atom. The molecule has 0 radical (unpaired) electrons. The third-order valence-electron chi connectivity index (χ3n) is 4.11. The van der Waals surface area contributed by atoms with Crippen molar-refractivity contribution in [3.05, 3.63) is 29.2 Å². The van der Waals surface area contributed by atoms with Crippen molar-refractivity contribution in [3.63, 3.8) is 0 Å². The highest BCUT2D eigenvalue weighted by atomic mass is 32.2. The zero-order valence-electron chi connectivity index (χ0n) is 13.4. The molecule has 130 valence electrons. The molecule has 1 aromatic heterocycles. The molecule has 1 amide bonds. The molecule has 1 N–H and O–H groups in total. The largest absolute Gasteiger partial charge is 0.461 e. The van der Waals surface area contributed by atoms with Gasteiger partial charge in [-0.1, -0.05) is 31.5 Å². The minimum atomic E-state index is -2.47. The van der Waals surface area contributed by atoms with Crippen molar-refractivity contribution in [2.45, 2.75) is 50.2 Å². The van der Waals surface area contributed by atoms with Crippen LogP contribution in [0.2, 0.25) is 0 Å². The van der Waals surface area contributed by atoms with E-state index in [0.717, 1.165) is 19.3 Å². The van der Waals surface area contributed by atoms with Crippen LogP contribution in [0.1, 0.15) is 44.1 Å². The molecule has 1 fully saturated rings. The van der Waals surface area contributed by atoms with Crippen LogP contribution in [0.4, 0.5) is 8.78 Å². The van der Waals surface area contributed by atoms with Gasteiger partial charge in [-0.2, -0.15) is 14.0 Å². The van der Waals surface area contributed by atoms with E-state index in [1.54, 1.807) is 12.1 Å². The molecule has 1 aliphatic carbocycles. The molecular formula is C17H20F2N2O2S. The second-order valence-corrected chi connectivity index (χ2v) is 6.87. The topological polar surface area (TPSA) is 66.0 Å². The Labute approximate surface area is 144 Å². The monoisotopic (exact) mass is 354 g/mol. The Balaban J connectivity index is 2.00. The van der Waals surface area contributed by atoms with E-state index in [2.05, 4.69) is 12.2 Å².